The first kappa shape index (κ1) is 11.9. The molecule has 0 rings (SSSR count). The van der Waals surface area contributed by atoms with E-state index in [4.69, 9.17) is 5.11 Å². The quantitative estimate of drug-likeness (QED) is 0.568. The molecule has 5 heteroatoms. The number of esters is 1. The molecule has 0 radical (unpaired) electrons. The molecule has 0 aromatic rings. The van der Waals surface area contributed by atoms with E-state index >= 15 is 0 Å². The van der Waals surface area contributed by atoms with E-state index in [9.17, 15) is 9.59 Å². The highest BCUT2D eigenvalue weighted by Crippen LogP contribution is 1.88. The normalized spacial score (nSPS) is 11.9. The van der Waals surface area contributed by atoms with Gasteiger partial charge in [0.05, 0.1) is 19.1 Å². The highest BCUT2D eigenvalue weighted by atomic mass is 16.5. The number of rotatable bonds is 5. The lowest BCUT2D eigenvalue weighted by Crippen LogP contribution is -2.32. The van der Waals surface area contributed by atoms with Crippen LogP contribution in [-0.4, -0.2) is 36.2 Å². The lowest BCUT2D eigenvalue weighted by Gasteiger charge is -2.05. The van der Waals surface area contributed by atoms with E-state index in [1.165, 1.54) is 6.92 Å². The maximum atomic E-state index is 10.9. The summed E-state index contributed by atoms with van der Waals surface area (Å²) in [5, 5.41) is 11.1. The van der Waals surface area contributed by atoms with Gasteiger partial charge in [0, 0.05) is 0 Å². The molecular weight excluding hydrogens is 174 g/mol. The smallest absolute Gasteiger partial charge is 0.325 e. The first-order chi connectivity index (χ1) is 6.06. The Morgan fingerprint density at radius 3 is 2.62 bits per heavy atom. The van der Waals surface area contributed by atoms with E-state index in [2.05, 4.69) is 10.1 Å². The molecule has 1 atom stereocenters. The average molecular weight is 189 g/mol. The second-order valence-corrected chi connectivity index (χ2v) is 2.63. The van der Waals surface area contributed by atoms with Crippen molar-refractivity contribution >= 4 is 11.9 Å². The van der Waals surface area contributed by atoms with Crippen LogP contribution in [0.4, 0.5) is 0 Å². The van der Waals surface area contributed by atoms with E-state index in [0.717, 1.165) is 0 Å². The van der Waals surface area contributed by atoms with Crippen LogP contribution in [0.5, 0.6) is 0 Å². The SMILES string of the molecule is CCOC(=O)CNC(=O)C[C@H](C)O. The molecule has 0 aliphatic heterocycles. The third-order valence-corrected chi connectivity index (χ3v) is 1.22. The minimum Gasteiger partial charge on any atom is -0.465 e. The fourth-order valence-electron chi connectivity index (χ4n) is 0.723. The van der Waals surface area contributed by atoms with Gasteiger partial charge in [0.1, 0.15) is 6.54 Å². The maximum Gasteiger partial charge on any atom is 0.325 e. The van der Waals surface area contributed by atoms with Crippen LogP contribution in [0.15, 0.2) is 0 Å². The van der Waals surface area contributed by atoms with Gasteiger partial charge in [0.15, 0.2) is 0 Å². The number of carbonyl (C=O) groups excluding carboxylic acids is 2. The van der Waals surface area contributed by atoms with Gasteiger partial charge in [-0.25, -0.2) is 0 Å². The van der Waals surface area contributed by atoms with Crippen molar-refractivity contribution in [3.8, 4) is 0 Å². The number of amides is 1. The molecule has 0 aromatic carbocycles. The summed E-state index contributed by atoms with van der Waals surface area (Å²) >= 11 is 0. The van der Waals surface area contributed by atoms with Gasteiger partial charge < -0.3 is 15.2 Å². The monoisotopic (exact) mass is 189 g/mol. The van der Waals surface area contributed by atoms with Crippen molar-refractivity contribution in [3.05, 3.63) is 0 Å². The van der Waals surface area contributed by atoms with Crippen molar-refractivity contribution in [2.75, 3.05) is 13.2 Å². The number of aliphatic hydroxyl groups excluding tert-OH is 1. The van der Waals surface area contributed by atoms with E-state index in [0.29, 0.717) is 6.61 Å². The predicted octanol–water partition coefficient (Wildman–Crippen LogP) is -0.563. The molecule has 0 heterocycles. The van der Waals surface area contributed by atoms with E-state index in [1.807, 2.05) is 0 Å². The second kappa shape index (κ2) is 6.42. The van der Waals surface area contributed by atoms with Gasteiger partial charge in [0.25, 0.3) is 0 Å². The molecule has 0 aliphatic rings. The van der Waals surface area contributed by atoms with E-state index < -0.39 is 12.1 Å². The zero-order chi connectivity index (χ0) is 10.3. The van der Waals surface area contributed by atoms with Crippen LogP contribution in [0, 0.1) is 0 Å². The van der Waals surface area contributed by atoms with Gasteiger partial charge in [0.2, 0.25) is 5.91 Å². The Balaban J connectivity index is 3.52. The number of hydrogen-bond acceptors (Lipinski definition) is 4. The molecular formula is C8H15NO4. The highest BCUT2D eigenvalue weighted by Gasteiger charge is 2.07. The third kappa shape index (κ3) is 7.27. The summed E-state index contributed by atoms with van der Waals surface area (Å²) in [4.78, 5) is 21.6. The predicted molar refractivity (Wildman–Crippen MR) is 45.9 cm³/mol. The topological polar surface area (TPSA) is 75.6 Å². The fraction of sp³-hybridized carbons (Fsp3) is 0.750. The van der Waals surface area contributed by atoms with Gasteiger partial charge in [-0.15, -0.1) is 0 Å². The summed E-state index contributed by atoms with van der Waals surface area (Å²) in [5.41, 5.74) is 0. The van der Waals surface area contributed by atoms with Crippen molar-refractivity contribution in [1.29, 1.82) is 0 Å². The third-order valence-electron chi connectivity index (χ3n) is 1.22. The molecule has 0 saturated heterocycles. The molecule has 0 saturated carbocycles. The number of carbonyl (C=O) groups is 2. The second-order valence-electron chi connectivity index (χ2n) is 2.63. The summed E-state index contributed by atoms with van der Waals surface area (Å²) in [6.45, 7) is 3.35. The van der Waals surface area contributed by atoms with Crippen LogP contribution in [-0.2, 0) is 14.3 Å². The molecule has 0 spiro atoms. The zero-order valence-corrected chi connectivity index (χ0v) is 7.87. The maximum absolute atomic E-state index is 10.9. The number of aliphatic hydroxyl groups is 1. The Morgan fingerprint density at radius 2 is 2.15 bits per heavy atom. The Morgan fingerprint density at radius 1 is 1.54 bits per heavy atom. The first-order valence-electron chi connectivity index (χ1n) is 4.16. The molecule has 0 bridgehead atoms. The number of hydrogen-bond donors (Lipinski definition) is 2. The minimum absolute atomic E-state index is 0.000590. The summed E-state index contributed by atoms with van der Waals surface area (Å²) in [7, 11) is 0. The Bertz CT molecular complexity index is 179. The van der Waals surface area contributed by atoms with Crippen LogP contribution >= 0.6 is 0 Å². The van der Waals surface area contributed by atoms with Crippen molar-refractivity contribution < 1.29 is 19.4 Å². The summed E-state index contributed by atoms with van der Waals surface area (Å²) in [6, 6.07) is 0. The first-order valence-corrected chi connectivity index (χ1v) is 4.16. The van der Waals surface area contributed by atoms with E-state index in [1.54, 1.807) is 6.92 Å². The molecule has 76 valence electrons. The highest BCUT2D eigenvalue weighted by molar-refractivity contribution is 5.82. The summed E-state index contributed by atoms with van der Waals surface area (Å²) < 4.78 is 4.58. The van der Waals surface area contributed by atoms with Crippen LogP contribution in [0.25, 0.3) is 0 Å². The van der Waals surface area contributed by atoms with Crippen LogP contribution in [0.3, 0.4) is 0 Å². The van der Waals surface area contributed by atoms with Crippen molar-refractivity contribution in [1.82, 2.24) is 5.32 Å². The molecule has 0 aromatic heterocycles. The van der Waals surface area contributed by atoms with Crippen molar-refractivity contribution in [2.24, 2.45) is 0 Å². The lowest BCUT2D eigenvalue weighted by atomic mass is 10.3. The molecule has 5 nitrogen and oxygen atoms in total. The van der Waals surface area contributed by atoms with Crippen LogP contribution in [0.2, 0.25) is 0 Å². The zero-order valence-electron chi connectivity index (χ0n) is 7.87. The minimum atomic E-state index is -0.692. The standard InChI is InChI=1S/C8H15NO4/c1-3-13-8(12)5-9-7(11)4-6(2)10/h6,10H,3-5H2,1-2H3,(H,9,11)/t6-/m0/s1. The Kier molecular flexibility index (Phi) is 5.88. The average Bonchev–Trinajstić information content (AvgIpc) is 2.00. The Labute approximate surface area is 77.1 Å². The van der Waals surface area contributed by atoms with Gasteiger partial charge >= 0.3 is 5.97 Å². The van der Waals surface area contributed by atoms with Crippen molar-refractivity contribution in [3.63, 3.8) is 0 Å². The lowest BCUT2D eigenvalue weighted by molar-refractivity contribution is -0.143. The van der Waals surface area contributed by atoms with Crippen LogP contribution in [0.1, 0.15) is 20.3 Å². The van der Waals surface area contributed by atoms with Crippen molar-refractivity contribution in [2.45, 2.75) is 26.4 Å². The fourth-order valence-corrected chi connectivity index (χ4v) is 0.723. The molecule has 13 heavy (non-hydrogen) atoms. The molecule has 0 unspecified atom stereocenters. The number of ether oxygens (including phenoxy) is 1. The van der Waals surface area contributed by atoms with Gasteiger partial charge in [-0.1, -0.05) is 0 Å². The van der Waals surface area contributed by atoms with Gasteiger partial charge in [-0.3, -0.25) is 9.59 Å². The molecule has 0 fully saturated rings. The Hall–Kier alpha value is -1.10. The molecule has 0 aliphatic carbocycles. The molecule has 1 amide bonds. The van der Waals surface area contributed by atoms with Gasteiger partial charge in [-0.2, -0.15) is 0 Å². The largest absolute Gasteiger partial charge is 0.465 e. The summed E-state index contributed by atoms with van der Waals surface area (Å²) in [6.07, 6.45) is -0.693. The molecule has 2 N–H and O–H groups in total. The van der Waals surface area contributed by atoms with E-state index in [-0.39, 0.29) is 18.9 Å². The summed E-state index contributed by atoms with van der Waals surface area (Å²) in [5.74, 6) is -0.829. The van der Waals surface area contributed by atoms with Crippen LogP contribution < -0.4 is 5.32 Å². The van der Waals surface area contributed by atoms with Gasteiger partial charge in [-0.05, 0) is 13.8 Å². The number of nitrogens with one attached hydrogen (secondary N) is 1.